The average Bonchev–Trinajstić information content (AvgIpc) is 3.53. The van der Waals surface area contributed by atoms with E-state index in [9.17, 15) is 18.0 Å². The number of Topliss-reactive ketones (excluding diaryl/α,β-unsaturated/α-hetero) is 1. The molecule has 1 aliphatic heterocycles. The number of amides is 1. The zero-order valence-corrected chi connectivity index (χ0v) is 23.3. The topological polar surface area (TPSA) is 133 Å². The Hall–Kier alpha value is -3.13. The quantitative estimate of drug-likeness (QED) is 0.395. The van der Waals surface area contributed by atoms with Gasteiger partial charge in [-0.1, -0.05) is 6.07 Å². The number of ether oxygens (including phenoxy) is 2. The van der Waals surface area contributed by atoms with E-state index >= 15 is 0 Å². The van der Waals surface area contributed by atoms with Crippen molar-refractivity contribution in [1.29, 1.82) is 0 Å². The summed E-state index contributed by atoms with van der Waals surface area (Å²) in [6.07, 6.45) is 3.73. The van der Waals surface area contributed by atoms with Crippen molar-refractivity contribution in [2.24, 2.45) is 0 Å². The molecule has 13 heteroatoms. The average molecular weight is 562 g/mol. The van der Waals surface area contributed by atoms with Crippen molar-refractivity contribution in [3.63, 3.8) is 0 Å². The van der Waals surface area contributed by atoms with E-state index in [-0.39, 0.29) is 36.6 Å². The van der Waals surface area contributed by atoms with Crippen LogP contribution in [0.5, 0.6) is 0 Å². The molecule has 1 N–H and O–H groups in total. The highest BCUT2D eigenvalue weighted by Crippen LogP contribution is 2.25. The van der Waals surface area contributed by atoms with Gasteiger partial charge in [0.1, 0.15) is 16.9 Å². The summed E-state index contributed by atoms with van der Waals surface area (Å²) in [5, 5.41) is 5.08. The fourth-order valence-electron chi connectivity index (χ4n) is 4.23. The van der Waals surface area contributed by atoms with Crippen molar-refractivity contribution >= 4 is 38.9 Å². The van der Waals surface area contributed by atoms with Gasteiger partial charge in [0.25, 0.3) is 5.91 Å². The van der Waals surface area contributed by atoms with Crippen molar-refractivity contribution in [3.8, 4) is 11.4 Å². The van der Waals surface area contributed by atoms with Gasteiger partial charge in [-0.15, -0.1) is 11.3 Å². The third-order valence-electron chi connectivity index (χ3n) is 5.96. The Morgan fingerprint density at radius 1 is 1.18 bits per heavy atom. The van der Waals surface area contributed by atoms with Crippen LogP contribution in [0.4, 0.5) is 5.82 Å². The van der Waals surface area contributed by atoms with Crippen LogP contribution in [0.15, 0.2) is 42.0 Å². The number of carbonyl (C=O) groups is 2. The molecule has 0 spiro atoms. The van der Waals surface area contributed by atoms with Gasteiger partial charge >= 0.3 is 0 Å². The second-order valence-corrected chi connectivity index (χ2v) is 12.1. The third-order valence-corrected chi connectivity index (χ3v) is 7.80. The van der Waals surface area contributed by atoms with E-state index < -0.39 is 22.0 Å². The standard InChI is InChI=1S/C25H31N5O6S2/c1-16-11-29(12-17(2)36-16)23-7-5-6-19(26-23)21-15-37-24(27-21)10-22(31)20(14-35-3)28-25(32)18-8-9-30(13-18)38(4,33)34/h5-9,13,15-17,20H,10-12,14H2,1-4H3,(H,28,32)/t16?,17?,20-/m0/s1. The number of hydrogen-bond acceptors (Lipinski definition) is 10. The number of carbonyl (C=O) groups excluding carboxylic acids is 2. The number of aromatic nitrogens is 3. The summed E-state index contributed by atoms with van der Waals surface area (Å²) in [7, 11) is -2.09. The summed E-state index contributed by atoms with van der Waals surface area (Å²) in [6, 6.07) is 6.24. The van der Waals surface area contributed by atoms with Crippen LogP contribution in [0.2, 0.25) is 0 Å². The van der Waals surface area contributed by atoms with Crippen molar-refractivity contribution in [1.82, 2.24) is 19.3 Å². The number of ketones is 1. The maximum absolute atomic E-state index is 13.0. The molecule has 4 heterocycles. The Morgan fingerprint density at radius 3 is 2.58 bits per heavy atom. The zero-order chi connectivity index (χ0) is 27.4. The molecule has 0 radical (unpaired) electrons. The smallest absolute Gasteiger partial charge is 0.253 e. The molecular formula is C25H31N5O6S2. The van der Waals surface area contributed by atoms with Gasteiger partial charge in [0.15, 0.2) is 5.78 Å². The summed E-state index contributed by atoms with van der Waals surface area (Å²) in [5.41, 5.74) is 1.50. The molecule has 0 aromatic carbocycles. The van der Waals surface area contributed by atoms with Crippen LogP contribution in [0.25, 0.3) is 11.4 Å². The highest BCUT2D eigenvalue weighted by molar-refractivity contribution is 7.89. The van der Waals surface area contributed by atoms with E-state index in [2.05, 4.69) is 15.2 Å². The molecule has 4 rings (SSSR count). The molecular weight excluding hydrogens is 530 g/mol. The second kappa shape index (κ2) is 11.7. The second-order valence-electron chi connectivity index (χ2n) is 9.29. The van der Waals surface area contributed by atoms with Gasteiger partial charge in [-0.2, -0.15) is 0 Å². The van der Waals surface area contributed by atoms with Gasteiger partial charge in [0.05, 0.1) is 48.4 Å². The van der Waals surface area contributed by atoms with Crippen LogP contribution < -0.4 is 10.2 Å². The highest BCUT2D eigenvalue weighted by Gasteiger charge is 2.25. The van der Waals surface area contributed by atoms with Crippen LogP contribution in [0.3, 0.4) is 0 Å². The maximum atomic E-state index is 13.0. The largest absolute Gasteiger partial charge is 0.382 e. The number of pyridine rings is 1. The molecule has 0 saturated carbocycles. The molecule has 0 bridgehead atoms. The van der Waals surface area contributed by atoms with E-state index in [1.807, 2.05) is 37.4 Å². The molecule has 38 heavy (non-hydrogen) atoms. The normalized spacial score (nSPS) is 18.8. The predicted octanol–water partition coefficient (Wildman–Crippen LogP) is 1.98. The fourth-order valence-corrected chi connectivity index (χ4v) is 5.61. The molecule has 3 atom stereocenters. The molecule has 1 amide bonds. The Labute approximate surface area is 225 Å². The van der Waals surface area contributed by atoms with Crippen LogP contribution in [0.1, 0.15) is 29.2 Å². The number of nitrogens with one attached hydrogen (secondary N) is 1. The number of anilines is 1. The van der Waals surface area contributed by atoms with Gasteiger partial charge in [-0.05, 0) is 32.0 Å². The Balaban J connectivity index is 1.43. The molecule has 11 nitrogen and oxygen atoms in total. The van der Waals surface area contributed by atoms with E-state index in [1.54, 1.807) is 0 Å². The van der Waals surface area contributed by atoms with Crippen LogP contribution in [-0.4, -0.2) is 85.4 Å². The first-order chi connectivity index (χ1) is 18.0. The molecule has 1 saturated heterocycles. The third kappa shape index (κ3) is 6.84. The Bertz CT molecular complexity index is 1390. The fraction of sp³-hybridized carbons (Fsp3) is 0.440. The van der Waals surface area contributed by atoms with Crippen LogP contribution >= 0.6 is 11.3 Å². The number of thiazole rings is 1. The Morgan fingerprint density at radius 2 is 1.92 bits per heavy atom. The van der Waals surface area contributed by atoms with Gasteiger partial charge in [-0.3, -0.25) is 13.6 Å². The number of methoxy groups -OCH3 is 1. The van der Waals surface area contributed by atoms with E-state index in [1.165, 1.54) is 36.9 Å². The van der Waals surface area contributed by atoms with E-state index in [4.69, 9.17) is 14.5 Å². The van der Waals surface area contributed by atoms with Crippen molar-refractivity contribution in [2.75, 3.05) is 38.0 Å². The van der Waals surface area contributed by atoms with Crippen molar-refractivity contribution in [3.05, 3.63) is 52.6 Å². The molecule has 0 aliphatic carbocycles. The minimum Gasteiger partial charge on any atom is -0.382 e. The number of nitrogens with zero attached hydrogens (tertiary/aromatic N) is 4. The summed E-state index contributed by atoms with van der Waals surface area (Å²) < 4.78 is 35.3. The van der Waals surface area contributed by atoms with E-state index in [0.717, 1.165) is 29.1 Å². The monoisotopic (exact) mass is 561 g/mol. The lowest BCUT2D eigenvalue weighted by molar-refractivity contribution is -0.121. The minimum absolute atomic E-state index is 0.00150. The number of morpholine rings is 1. The van der Waals surface area contributed by atoms with Gasteiger partial charge < -0.3 is 19.7 Å². The summed E-state index contributed by atoms with van der Waals surface area (Å²) in [5.74, 6) is -0.000238. The molecule has 3 aromatic rings. The zero-order valence-electron chi connectivity index (χ0n) is 21.7. The summed E-state index contributed by atoms with van der Waals surface area (Å²) >= 11 is 1.34. The lowest BCUT2D eigenvalue weighted by Crippen LogP contribution is -2.45. The SMILES string of the molecule is COC[C@H](NC(=O)c1ccn(S(C)(=O)=O)c1)C(=O)Cc1nc(-c2cccc(N3CC(C)OC(C)C3)n2)cs1. The number of rotatable bonds is 10. The lowest BCUT2D eigenvalue weighted by Gasteiger charge is -2.36. The van der Waals surface area contributed by atoms with Crippen LogP contribution in [0, 0.1) is 0 Å². The summed E-state index contributed by atoms with van der Waals surface area (Å²) in [6.45, 7) is 5.56. The summed E-state index contributed by atoms with van der Waals surface area (Å²) in [4.78, 5) is 37.3. The first kappa shape index (κ1) is 27.9. The van der Waals surface area contributed by atoms with Crippen LogP contribution in [-0.2, 0) is 30.7 Å². The minimum atomic E-state index is -3.52. The number of hydrogen-bond donors (Lipinski definition) is 1. The first-order valence-corrected chi connectivity index (χ1v) is 14.8. The van der Waals surface area contributed by atoms with Crippen molar-refractivity contribution in [2.45, 2.75) is 38.5 Å². The lowest BCUT2D eigenvalue weighted by atomic mass is 10.1. The Kier molecular flexibility index (Phi) is 8.61. The maximum Gasteiger partial charge on any atom is 0.253 e. The molecule has 204 valence electrons. The van der Waals surface area contributed by atoms with Gasteiger partial charge in [-0.25, -0.2) is 18.4 Å². The highest BCUT2D eigenvalue weighted by atomic mass is 32.2. The van der Waals surface area contributed by atoms with Gasteiger partial charge in [0.2, 0.25) is 10.0 Å². The first-order valence-electron chi connectivity index (χ1n) is 12.1. The molecule has 1 aliphatic rings. The van der Waals surface area contributed by atoms with E-state index in [0.29, 0.717) is 16.4 Å². The molecule has 1 fully saturated rings. The van der Waals surface area contributed by atoms with Gasteiger partial charge in [0, 0.05) is 38.0 Å². The van der Waals surface area contributed by atoms with Crippen molar-refractivity contribution < 1.29 is 27.5 Å². The molecule has 3 aromatic heterocycles. The predicted molar refractivity (Wildman–Crippen MR) is 144 cm³/mol. The molecule has 2 unspecified atom stereocenters.